The van der Waals surface area contributed by atoms with E-state index in [0.29, 0.717) is 12.1 Å². The van der Waals surface area contributed by atoms with Gasteiger partial charge in [0.1, 0.15) is 11.5 Å². The van der Waals surface area contributed by atoms with Gasteiger partial charge in [0.25, 0.3) is 5.91 Å². The van der Waals surface area contributed by atoms with Crippen LogP contribution in [0, 0.1) is 0 Å². The number of aromatic nitrogens is 2. The smallest absolute Gasteiger partial charge is 0.331 e. The Morgan fingerprint density at radius 2 is 1.59 bits per heavy atom. The number of halogens is 6. The van der Waals surface area contributed by atoms with Crippen molar-refractivity contribution >= 4 is 34.8 Å². The summed E-state index contributed by atoms with van der Waals surface area (Å²) >= 11 is 1.24. The quantitative estimate of drug-likeness (QED) is 0.389. The zero-order valence-corrected chi connectivity index (χ0v) is 17.9. The summed E-state index contributed by atoms with van der Waals surface area (Å²) in [6.07, 6.45) is -8.80. The van der Waals surface area contributed by atoms with Gasteiger partial charge in [0, 0.05) is 5.38 Å². The molecular formula is C20H15F6N5O2S. The van der Waals surface area contributed by atoms with Gasteiger partial charge in [0.15, 0.2) is 0 Å². The summed E-state index contributed by atoms with van der Waals surface area (Å²) in [6.45, 7) is 1.24. The average molecular weight is 503 g/mol. The Morgan fingerprint density at radius 1 is 0.941 bits per heavy atom. The van der Waals surface area contributed by atoms with Crippen molar-refractivity contribution in [3.05, 3.63) is 69.8 Å². The van der Waals surface area contributed by atoms with Crippen LogP contribution in [0.1, 0.15) is 40.1 Å². The molecule has 14 heteroatoms. The van der Waals surface area contributed by atoms with Crippen LogP contribution in [0.15, 0.2) is 47.4 Å². The normalized spacial score (nSPS) is 12.7. The van der Waals surface area contributed by atoms with Crippen molar-refractivity contribution in [1.29, 1.82) is 0 Å². The maximum atomic E-state index is 13.0. The van der Waals surface area contributed by atoms with Crippen LogP contribution in [-0.2, 0) is 12.4 Å². The minimum Gasteiger partial charge on any atom is -0.331 e. The molecule has 0 radical (unpaired) electrons. The van der Waals surface area contributed by atoms with Crippen molar-refractivity contribution in [1.82, 2.24) is 15.3 Å². The summed E-state index contributed by atoms with van der Waals surface area (Å²) in [6, 6.07) is 1.79. The fourth-order valence-corrected chi connectivity index (χ4v) is 3.25. The molecule has 0 aliphatic rings. The molecule has 0 fully saturated rings. The van der Waals surface area contributed by atoms with Crippen LogP contribution < -0.4 is 16.0 Å². The van der Waals surface area contributed by atoms with Crippen LogP contribution >= 0.6 is 11.3 Å². The van der Waals surface area contributed by atoms with Gasteiger partial charge >= 0.3 is 18.4 Å². The third kappa shape index (κ3) is 6.43. The largest absolute Gasteiger partial charge is 0.416 e. The van der Waals surface area contributed by atoms with Crippen LogP contribution in [0.2, 0.25) is 0 Å². The molecule has 0 saturated heterocycles. The topological polar surface area (TPSA) is 96.0 Å². The minimum atomic E-state index is -5.00. The highest BCUT2D eigenvalue weighted by Crippen LogP contribution is 2.37. The zero-order chi connectivity index (χ0) is 25.1. The molecule has 3 N–H and O–H groups in total. The number of carbonyl (C=O) groups excluding carboxylic acids is 2. The molecule has 3 aromatic rings. The number of hydrogen-bond donors (Lipinski definition) is 3. The molecule has 34 heavy (non-hydrogen) atoms. The van der Waals surface area contributed by atoms with E-state index in [0.717, 1.165) is 0 Å². The van der Waals surface area contributed by atoms with Crippen LogP contribution in [0.3, 0.4) is 0 Å². The molecule has 7 nitrogen and oxygen atoms in total. The number of amides is 3. The molecule has 1 atom stereocenters. The van der Waals surface area contributed by atoms with Crippen molar-refractivity contribution in [2.24, 2.45) is 0 Å². The SMILES string of the molecule is C[C@H](NC(=O)Nc1ccc(NC(=O)c2cscn2)nc1)c1cc(C(F)(F)F)cc(C(F)(F)F)c1. The molecule has 0 aliphatic heterocycles. The third-order valence-electron chi connectivity index (χ3n) is 4.39. The molecule has 1 aromatic carbocycles. The summed E-state index contributed by atoms with van der Waals surface area (Å²) in [4.78, 5) is 31.9. The summed E-state index contributed by atoms with van der Waals surface area (Å²) in [5.74, 6) is -0.318. The molecule has 0 unspecified atom stereocenters. The second-order valence-corrected chi connectivity index (χ2v) is 7.64. The number of thiazole rings is 1. The Balaban J connectivity index is 1.66. The van der Waals surface area contributed by atoms with E-state index in [4.69, 9.17) is 0 Å². The van der Waals surface area contributed by atoms with Crippen LogP contribution in [0.5, 0.6) is 0 Å². The van der Waals surface area contributed by atoms with Gasteiger partial charge in [-0.05, 0) is 42.8 Å². The van der Waals surface area contributed by atoms with Crippen LogP contribution in [-0.4, -0.2) is 21.9 Å². The summed E-state index contributed by atoms with van der Waals surface area (Å²) in [5, 5.41) is 8.67. The van der Waals surface area contributed by atoms with Crippen molar-refractivity contribution in [3.63, 3.8) is 0 Å². The monoisotopic (exact) mass is 503 g/mol. The van der Waals surface area contributed by atoms with Gasteiger partial charge in [0.2, 0.25) is 0 Å². The van der Waals surface area contributed by atoms with E-state index in [1.807, 2.05) is 0 Å². The predicted molar refractivity (Wildman–Crippen MR) is 111 cm³/mol. The number of nitrogens with one attached hydrogen (secondary N) is 3. The van der Waals surface area contributed by atoms with E-state index in [9.17, 15) is 35.9 Å². The van der Waals surface area contributed by atoms with Crippen LogP contribution in [0.25, 0.3) is 0 Å². The lowest BCUT2D eigenvalue weighted by Gasteiger charge is -2.19. The Bertz CT molecular complexity index is 1130. The van der Waals surface area contributed by atoms with Gasteiger partial charge in [-0.25, -0.2) is 14.8 Å². The van der Waals surface area contributed by atoms with Gasteiger partial charge in [0.05, 0.1) is 34.6 Å². The lowest BCUT2D eigenvalue weighted by atomic mass is 10.0. The second kappa shape index (κ2) is 9.67. The van der Waals surface area contributed by atoms with Crippen molar-refractivity contribution in [2.75, 3.05) is 10.6 Å². The molecule has 0 saturated carbocycles. The Hall–Kier alpha value is -3.68. The first-order chi connectivity index (χ1) is 15.8. The average Bonchev–Trinajstić information content (AvgIpc) is 3.28. The number of benzene rings is 1. The molecule has 3 rings (SSSR count). The number of alkyl halides is 6. The Morgan fingerprint density at radius 3 is 2.09 bits per heavy atom. The predicted octanol–water partition coefficient (Wildman–Crippen LogP) is 5.71. The summed E-state index contributed by atoms with van der Waals surface area (Å²) < 4.78 is 78.2. The van der Waals surface area contributed by atoms with Gasteiger partial charge in [-0.2, -0.15) is 26.3 Å². The molecular weight excluding hydrogens is 488 g/mol. The van der Waals surface area contributed by atoms with E-state index in [2.05, 4.69) is 25.9 Å². The highest BCUT2D eigenvalue weighted by Gasteiger charge is 2.37. The van der Waals surface area contributed by atoms with E-state index < -0.39 is 41.5 Å². The standard InChI is InChI=1S/C20H15F6N5O2S/c1-10(11-4-12(19(21,22)23)6-13(5-11)20(24,25)26)29-18(33)30-14-2-3-16(27-7-14)31-17(32)15-8-34-9-28-15/h2-10H,1H3,(H,27,31,32)(H2,29,30,33)/t10-/m0/s1. The van der Waals surface area contributed by atoms with Gasteiger partial charge < -0.3 is 16.0 Å². The first-order valence-corrected chi connectivity index (χ1v) is 10.3. The third-order valence-corrected chi connectivity index (χ3v) is 4.97. The first kappa shape index (κ1) is 25.0. The Kier molecular flexibility index (Phi) is 7.09. The maximum Gasteiger partial charge on any atom is 0.416 e. The molecule has 2 heterocycles. The fraction of sp³-hybridized carbons (Fsp3) is 0.200. The maximum absolute atomic E-state index is 13.0. The van der Waals surface area contributed by atoms with E-state index in [1.54, 1.807) is 5.38 Å². The van der Waals surface area contributed by atoms with Crippen molar-refractivity contribution in [3.8, 4) is 0 Å². The number of carbonyl (C=O) groups is 2. The lowest BCUT2D eigenvalue weighted by molar-refractivity contribution is -0.143. The number of rotatable bonds is 5. The molecule has 0 bridgehead atoms. The van der Waals surface area contributed by atoms with Gasteiger partial charge in [-0.3, -0.25) is 4.79 Å². The van der Waals surface area contributed by atoms with Gasteiger partial charge in [-0.1, -0.05) is 0 Å². The molecule has 0 aliphatic carbocycles. The number of nitrogens with zero attached hydrogens (tertiary/aromatic N) is 2. The zero-order valence-electron chi connectivity index (χ0n) is 17.1. The van der Waals surface area contributed by atoms with Crippen molar-refractivity contribution < 1.29 is 35.9 Å². The first-order valence-electron chi connectivity index (χ1n) is 9.35. The van der Waals surface area contributed by atoms with E-state index >= 15 is 0 Å². The fourth-order valence-electron chi connectivity index (χ4n) is 2.72. The number of pyridine rings is 1. The summed E-state index contributed by atoms with van der Waals surface area (Å²) in [5.41, 5.74) is -1.49. The Labute approximate surface area is 192 Å². The number of anilines is 2. The highest BCUT2D eigenvalue weighted by molar-refractivity contribution is 7.07. The molecule has 2 aromatic heterocycles. The molecule has 0 spiro atoms. The lowest BCUT2D eigenvalue weighted by Crippen LogP contribution is -2.31. The number of urea groups is 1. The number of hydrogen-bond acceptors (Lipinski definition) is 5. The molecule has 180 valence electrons. The summed E-state index contributed by atoms with van der Waals surface area (Å²) in [7, 11) is 0. The highest BCUT2D eigenvalue weighted by atomic mass is 32.1. The molecule has 3 amide bonds. The minimum absolute atomic E-state index is 0.0106. The second-order valence-electron chi connectivity index (χ2n) is 6.92. The van der Waals surface area contributed by atoms with Crippen LogP contribution in [0.4, 0.5) is 42.6 Å². The van der Waals surface area contributed by atoms with E-state index in [-0.39, 0.29) is 28.8 Å². The van der Waals surface area contributed by atoms with Crippen molar-refractivity contribution in [2.45, 2.75) is 25.3 Å². The van der Waals surface area contributed by atoms with E-state index in [1.165, 1.54) is 42.1 Å². The van der Waals surface area contributed by atoms with Gasteiger partial charge in [-0.15, -0.1) is 11.3 Å².